The molecule has 1 unspecified atom stereocenters. The third-order valence-electron chi connectivity index (χ3n) is 2.20. The van der Waals surface area contributed by atoms with Crippen LogP contribution in [0.25, 0.3) is 0 Å². The molecule has 1 atom stereocenters. The lowest BCUT2D eigenvalue weighted by Gasteiger charge is -2.29. The molecule has 6 heteroatoms. The summed E-state index contributed by atoms with van der Waals surface area (Å²) in [5, 5.41) is 2.99. The Hall–Kier alpha value is -0.850. The summed E-state index contributed by atoms with van der Waals surface area (Å²) < 4.78 is 1.80. The average molecular weight is 346 g/mol. The number of amidine groups is 1. The van der Waals surface area contributed by atoms with Crippen LogP contribution in [0.4, 0.5) is 0 Å². The van der Waals surface area contributed by atoms with Crippen LogP contribution < -0.4 is 16.8 Å². The van der Waals surface area contributed by atoms with Crippen molar-refractivity contribution in [2.24, 2.45) is 16.5 Å². The van der Waals surface area contributed by atoms with Gasteiger partial charge in [0.05, 0.1) is 0 Å². The van der Waals surface area contributed by atoms with Crippen molar-refractivity contribution < 1.29 is 0 Å². The normalized spacial score (nSPS) is 23.8. The number of hydrogen-bond acceptors (Lipinski definition) is 4. The van der Waals surface area contributed by atoms with E-state index >= 15 is 0 Å². The minimum atomic E-state index is -1.03. The molecule has 5 N–H and O–H groups in total. The molecule has 1 aromatic rings. The van der Waals surface area contributed by atoms with Gasteiger partial charge in [-0.2, -0.15) is 0 Å². The van der Waals surface area contributed by atoms with Crippen molar-refractivity contribution in [3.05, 3.63) is 45.0 Å². The van der Waals surface area contributed by atoms with E-state index < -0.39 is 5.79 Å². The molecule has 1 heterocycles. The zero-order chi connectivity index (χ0) is 11.8. The van der Waals surface area contributed by atoms with Gasteiger partial charge in [0.2, 0.25) is 5.79 Å². The molecule has 0 aliphatic carbocycles. The summed E-state index contributed by atoms with van der Waals surface area (Å²) in [6, 6.07) is 5.72. The number of nitrogens with one attached hydrogen (secondary N) is 1. The molecule has 0 saturated carbocycles. The monoisotopic (exact) mass is 344 g/mol. The van der Waals surface area contributed by atoms with E-state index in [-0.39, 0.29) is 0 Å². The van der Waals surface area contributed by atoms with Crippen LogP contribution >= 0.6 is 31.9 Å². The van der Waals surface area contributed by atoms with Crippen LogP contribution in [0.5, 0.6) is 0 Å². The van der Waals surface area contributed by atoms with E-state index in [2.05, 4.69) is 42.2 Å². The van der Waals surface area contributed by atoms with Crippen LogP contribution in [-0.2, 0) is 5.79 Å². The Morgan fingerprint density at radius 2 is 2.06 bits per heavy atom. The summed E-state index contributed by atoms with van der Waals surface area (Å²) in [6.45, 7) is 0. The minimum absolute atomic E-state index is 0.396. The van der Waals surface area contributed by atoms with Crippen LogP contribution in [0.2, 0.25) is 0 Å². The maximum Gasteiger partial charge on any atom is 0.212 e. The van der Waals surface area contributed by atoms with Gasteiger partial charge >= 0.3 is 0 Å². The third-order valence-corrected chi connectivity index (χ3v) is 3.39. The topological polar surface area (TPSA) is 76.4 Å². The number of benzene rings is 1. The van der Waals surface area contributed by atoms with Crippen LogP contribution in [0.15, 0.2) is 44.4 Å². The Morgan fingerprint density at radius 3 is 2.75 bits per heavy atom. The van der Waals surface area contributed by atoms with E-state index in [1.165, 1.54) is 0 Å². The van der Waals surface area contributed by atoms with Crippen molar-refractivity contribution in [2.45, 2.75) is 5.79 Å². The lowest BCUT2D eigenvalue weighted by atomic mass is 10.1. The maximum atomic E-state index is 6.16. The molecular weight excluding hydrogens is 336 g/mol. The zero-order valence-corrected chi connectivity index (χ0v) is 11.4. The number of nitrogens with two attached hydrogens (primary N) is 2. The first-order chi connectivity index (χ1) is 7.51. The van der Waals surface area contributed by atoms with Crippen molar-refractivity contribution in [3.63, 3.8) is 0 Å². The van der Waals surface area contributed by atoms with Crippen molar-refractivity contribution in [2.75, 3.05) is 0 Å². The summed E-state index contributed by atoms with van der Waals surface area (Å²) >= 11 is 6.85. The van der Waals surface area contributed by atoms with E-state index in [1.807, 2.05) is 18.2 Å². The van der Waals surface area contributed by atoms with E-state index in [0.717, 1.165) is 14.5 Å². The molecule has 0 aromatic heterocycles. The molecule has 0 bridgehead atoms. The van der Waals surface area contributed by atoms with E-state index in [9.17, 15) is 0 Å². The summed E-state index contributed by atoms with van der Waals surface area (Å²) in [5.41, 5.74) is 12.6. The highest BCUT2D eigenvalue weighted by Gasteiger charge is 2.29. The zero-order valence-electron chi connectivity index (χ0n) is 8.24. The molecule has 4 nitrogen and oxygen atoms in total. The Morgan fingerprint density at radius 1 is 1.31 bits per heavy atom. The molecule has 0 fully saturated rings. The van der Waals surface area contributed by atoms with E-state index in [0.29, 0.717) is 5.84 Å². The lowest BCUT2D eigenvalue weighted by molar-refractivity contribution is 0.408. The van der Waals surface area contributed by atoms with Crippen LogP contribution in [0.1, 0.15) is 5.56 Å². The maximum absolute atomic E-state index is 6.16. The lowest BCUT2D eigenvalue weighted by Crippen LogP contribution is -2.49. The summed E-state index contributed by atoms with van der Waals surface area (Å²) in [6.07, 6.45) is 3.35. The number of halogens is 2. The predicted molar refractivity (Wildman–Crippen MR) is 71.6 cm³/mol. The van der Waals surface area contributed by atoms with Gasteiger partial charge in [0, 0.05) is 20.7 Å². The van der Waals surface area contributed by atoms with Gasteiger partial charge in [-0.25, -0.2) is 4.99 Å². The highest BCUT2D eigenvalue weighted by molar-refractivity contribution is 9.11. The highest BCUT2D eigenvalue weighted by atomic mass is 79.9. The van der Waals surface area contributed by atoms with Gasteiger partial charge in [-0.3, -0.25) is 5.73 Å². The summed E-state index contributed by atoms with van der Waals surface area (Å²) in [7, 11) is 0. The molecule has 0 amide bonds. The van der Waals surface area contributed by atoms with Gasteiger partial charge in [-0.15, -0.1) is 0 Å². The van der Waals surface area contributed by atoms with E-state index in [1.54, 1.807) is 12.3 Å². The van der Waals surface area contributed by atoms with Gasteiger partial charge in [-0.1, -0.05) is 31.9 Å². The van der Waals surface area contributed by atoms with Gasteiger partial charge in [0.25, 0.3) is 0 Å². The molecule has 1 aliphatic heterocycles. The van der Waals surface area contributed by atoms with Crippen LogP contribution in [0.3, 0.4) is 0 Å². The van der Waals surface area contributed by atoms with Gasteiger partial charge in [0.15, 0.2) is 0 Å². The Bertz CT molecular complexity index is 484. The largest absolute Gasteiger partial charge is 0.384 e. The molecule has 0 spiro atoms. The third kappa shape index (κ3) is 2.14. The fraction of sp³-hybridized carbons (Fsp3) is 0.100. The van der Waals surface area contributed by atoms with Gasteiger partial charge in [-0.05, 0) is 24.3 Å². The number of nitrogens with zero attached hydrogens (tertiary/aromatic N) is 1. The standard InChI is InChI=1S/C10H10Br2N4/c11-6-1-2-8(12)7(5-6)10(14)15-4-3-9(13)16-10/h1-5,15H,14H2,(H2,13,16). The summed E-state index contributed by atoms with van der Waals surface area (Å²) in [4.78, 5) is 4.21. The molecular formula is C10H10Br2N4. The molecule has 16 heavy (non-hydrogen) atoms. The van der Waals surface area contributed by atoms with Crippen LogP contribution in [0, 0.1) is 0 Å². The average Bonchev–Trinajstić information content (AvgIpc) is 2.21. The quantitative estimate of drug-likeness (QED) is 0.725. The van der Waals surface area contributed by atoms with Gasteiger partial charge < -0.3 is 11.1 Å². The number of hydrogen-bond donors (Lipinski definition) is 3. The first-order valence-corrected chi connectivity index (χ1v) is 6.14. The Balaban J connectivity index is 2.51. The second kappa shape index (κ2) is 4.20. The molecule has 1 aromatic carbocycles. The van der Waals surface area contributed by atoms with Crippen molar-refractivity contribution in [1.29, 1.82) is 0 Å². The fourth-order valence-corrected chi connectivity index (χ4v) is 2.36. The first kappa shape index (κ1) is 11.6. The minimum Gasteiger partial charge on any atom is -0.384 e. The summed E-state index contributed by atoms with van der Waals surface area (Å²) in [5.74, 6) is -0.630. The van der Waals surface area contributed by atoms with Gasteiger partial charge in [0.1, 0.15) is 5.84 Å². The Labute approximate surface area is 110 Å². The predicted octanol–water partition coefficient (Wildman–Crippen LogP) is 1.75. The Kier molecular flexibility index (Phi) is 3.05. The van der Waals surface area contributed by atoms with Crippen molar-refractivity contribution in [3.8, 4) is 0 Å². The second-order valence-corrected chi connectivity index (χ2v) is 5.17. The first-order valence-electron chi connectivity index (χ1n) is 4.55. The van der Waals surface area contributed by atoms with Crippen molar-refractivity contribution in [1.82, 2.24) is 5.32 Å². The molecule has 84 valence electrons. The molecule has 2 rings (SSSR count). The molecule has 1 aliphatic rings. The van der Waals surface area contributed by atoms with Crippen molar-refractivity contribution >= 4 is 37.7 Å². The molecule has 0 radical (unpaired) electrons. The number of rotatable bonds is 1. The van der Waals surface area contributed by atoms with E-state index in [4.69, 9.17) is 11.5 Å². The SMILES string of the molecule is NC1=NC(N)(c2cc(Br)ccc2Br)NC=C1. The fourth-order valence-electron chi connectivity index (χ4n) is 1.45. The highest BCUT2D eigenvalue weighted by Crippen LogP contribution is 2.29. The molecule has 0 saturated heterocycles. The number of aliphatic imine (C=N–C) groups is 1. The van der Waals surface area contributed by atoms with Crippen LogP contribution in [-0.4, -0.2) is 5.84 Å². The second-order valence-electron chi connectivity index (χ2n) is 3.40. The smallest absolute Gasteiger partial charge is 0.212 e.